The van der Waals surface area contributed by atoms with E-state index in [1.54, 1.807) is 6.26 Å². The number of hydrogen-bond acceptors (Lipinski definition) is 4. The summed E-state index contributed by atoms with van der Waals surface area (Å²) in [7, 11) is 0. The molecule has 4 heteroatoms. The van der Waals surface area contributed by atoms with E-state index in [9.17, 15) is 0 Å². The van der Waals surface area contributed by atoms with Gasteiger partial charge in [0.15, 0.2) is 0 Å². The Morgan fingerprint density at radius 1 is 1.73 bits per heavy atom. The fourth-order valence-corrected chi connectivity index (χ4v) is 0.895. The van der Waals surface area contributed by atoms with Gasteiger partial charge in [0.1, 0.15) is 12.0 Å². The number of hydrogen-bond donors (Lipinski definition) is 1. The minimum atomic E-state index is 0.367. The van der Waals surface area contributed by atoms with Gasteiger partial charge in [-0.1, -0.05) is 5.16 Å². The lowest BCUT2D eigenvalue weighted by molar-refractivity contribution is 0.00506. The topological polar surface area (TPSA) is 47.3 Å². The highest BCUT2D eigenvalue weighted by Crippen LogP contribution is 2.03. The highest BCUT2D eigenvalue weighted by Gasteiger charge is 2.16. The van der Waals surface area contributed by atoms with Crippen LogP contribution in [-0.4, -0.2) is 24.4 Å². The second-order valence-corrected chi connectivity index (χ2v) is 2.58. The molecule has 11 heavy (non-hydrogen) atoms. The molecule has 2 rings (SSSR count). The van der Waals surface area contributed by atoms with Crippen LogP contribution in [0, 0.1) is 0 Å². The van der Waals surface area contributed by atoms with Gasteiger partial charge < -0.3 is 14.6 Å². The standard InChI is InChI=1S/C7H10N2O2/c1-2-11-9-6(1)5-10-7-3-8-4-7/h1-2,7-8H,3-5H2. The third-order valence-corrected chi connectivity index (χ3v) is 1.70. The summed E-state index contributed by atoms with van der Waals surface area (Å²) < 4.78 is 10.1. The molecular weight excluding hydrogens is 144 g/mol. The monoisotopic (exact) mass is 154 g/mol. The molecule has 0 radical (unpaired) electrons. The number of nitrogens with one attached hydrogen (secondary N) is 1. The number of ether oxygens (including phenoxy) is 1. The van der Waals surface area contributed by atoms with Crippen LogP contribution in [0.4, 0.5) is 0 Å². The molecule has 0 aromatic carbocycles. The van der Waals surface area contributed by atoms with Crippen molar-refractivity contribution in [1.29, 1.82) is 0 Å². The molecule has 0 bridgehead atoms. The van der Waals surface area contributed by atoms with Crippen molar-refractivity contribution in [3.05, 3.63) is 18.0 Å². The van der Waals surface area contributed by atoms with Gasteiger partial charge in [0.25, 0.3) is 0 Å². The number of aromatic nitrogens is 1. The highest BCUT2D eigenvalue weighted by molar-refractivity contribution is 4.93. The third-order valence-electron chi connectivity index (χ3n) is 1.70. The predicted molar refractivity (Wildman–Crippen MR) is 37.9 cm³/mol. The van der Waals surface area contributed by atoms with Gasteiger partial charge in [0, 0.05) is 19.2 Å². The quantitative estimate of drug-likeness (QED) is 0.673. The Labute approximate surface area is 64.5 Å². The van der Waals surface area contributed by atoms with E-state index >= 15 is 0 Å². The molecule has 1 aromatic rings. The first-order valence-electron chi connectivity index (χ1n) is 3.67. The van der Waals surface area contributed by atoms with Crippen LogP contribution in [-0.2, 0) is 11.3 Å². The summed E-state index contributed by atoms with van der Waals surface area (Å²) in [4.78, 5) is 0. The summed E-state index contributed by atoms with van der Waals surface area (Å²) in [5, 5.41) is 6.85. The van der Waals surface area contributed by atoms with Crippen LogP contribution < -0.4 is 5.32 Å². The lowest BCUT2D eigenvalue weighted by atomic mass is 10.2. The van der Waals surface area contributed by atoms with E-state index in [1.165, 1.54) is 0 Å². The zero-order valence-corrected chi connectivity index (χ0v) is 6.12. The average Bonchev–Trinajstić information content (AvgIpc) is 2.36. The summed E-state index contributed by atoms with van der Waals surface area (Å²) >= 11 is 0. The summed E-state index contributed by atoms with van der Waals surface area (Å²) in [5.41, 5.74) is 0.858. The minimum Gasteiger partial charge on any atom is -0.369 e. The Morgan fingerprint density at radius 3 is 3.18 bits per heavy atom. The summed E-state index contributed by atoms with van der Waals surface area (Å²) in [6.45, 7) is 2.47. The van der Waals surface area contributed by atoms with Gasteiger partial charge in [-0.25, -0.2) is 0 Å². The van der Waals surface area contributed by atoms with Crippen molar-refractivity contribution < 1.29 is 9.26 Å². The third kappa shape index (κ3) is 1.58. The first kappa shape index (κ1) is 6.82. The molecule has 1 saturated heterocycles. The maximum absolute atomic E-state index is 5.44. The van der Waals surface area contributed by atoms with Crippen LogP contribution in [0.3, 0.4) is 0 Å². The molecule has 0 atom stereocenters. The summed E-state index contributed by atoms with van der Waals surface area (Å²) in [6, 6.07) is 1.81. The second-order valence-electron chi connectivity index (χ2n) is 2.58. The molecule has 1 aliphatic rings. The van der Waals surface area contributed by atoms with Crippen LogP contribution in [0.25, 0.3) is 0 Å². The van der Waals surface area contributed by atoms with Crippen LogP contribution in [0.15, 0.2) is 16.9 Å². The molecule has 4 nitrogen and oxygen atoms in total. The predicted octanol–water partition coefficient (Wildman–Crippen LogP) is 0.163. The first-order valence-corrected chi connectivity index (χ1v) is 3.67. The molecule has 0 amide bonds. The van der Waals surface area contributed by atoms with Gasteiger partial charge in [-0.2, -0.15) is 0 Å². The zero-order valence-electron chi connectivity index (χ0n) is 6.12. The largest absolute Gasteiger partial charge is 0.369 e. The molecule has 60 valence electrons. The van der Waals surface area contributed by atoms with Gasteiger partial charge in [-0.05, 0) is 0 Å². The minimum absolute atomic E-state index is 0.367. The molecule has 1 fully saturated rings. The van der Waals surface area contributed by atoms with Crippen LogP contribution in [0.1, 0.15) is 5.69 Å². The number of nitrogens with zero attached hydrogens (tertiary/aromatic N) is 1. The van der Waals surface area contributed by atoms with Gasteiger partial charge >= 0.3 is 0 Å². The molecule has 2 heterocycles. The van der Waals surface area contributed by atoms with E-state index in [4.69, 9.17) is 4.74 Å². The molecule has 0 spiro atoms. The molecule has 0 saturated carbocycles. The summed E-state index contributed by atoms with van der Waals surface area (Å²) in [5.74, 6) is 0. The van der Waals surface area contributed by atoms with Crippen molar-refractivity contribution in [1.82, 2.24) is 10.5 Å². The Kier molecular flexibility index (Phi) is 1.87. The summed E-state index contributed by atoms with van der Waals surface area (Å²) in [6.07, 6.45) is 1.92. The maximum atomic E-state index is 5.44. The van der Waals surface area contributed by atoms with Crippen molar-refractivity contribution in [3.8, 4) is 0 Å². The van der Waals surface area contributed by atoms with E-state index in [2.05, 4.69) is 15.0 Å². The van der Waals surface area contributed by atoms with Gasteiger partial charge in [0.2, 0.25) is 0 Å². The average molecular weight is 154 g/mol. The highest BCUT2D eigenvalue weighted by atomic mass is 16.5. The molecule has 1 aliphatic heterocycles. The van der Waals surface area contributed by atoms with Crippen LogP contribution in [0.5, 0.6) is 0 Å². The van der Waals surface area contributed by atoms with Crippen molar-refractivity contribution in [2.24, 2.45) is 0 Å². The van der Waals surface area contributed by atoms with E-state index < -0.39 is 0 Å². The fourth-order valence-electron chi connectivity index (χ4n) is 0.895. The van der Waals surface area contributed by atoms with E-state index in [0.29, 0.717) is 12.7 Å². The Balaban J connectivity index is 1.74. The van der Waals surface area contributed by atoms with Crippen LogP contribution >= 0.6 is 0 Å². The van der Waals surface area contributed by atoms with Crippen LogP contribution in [0.2, 0.25) is 0 Å². The van der Waals surface area contributed by atoms with Crippen molar-refractivity contribution in [2.45, 2.75) is 12.7 Å². The molecule has 0 aliphatic carbocycles. The lowest BCUT2D eigenvalue weighted by Crippen LogP contribution is -2.48. The Hall–Kier alpha value is -0.870. The molecule has 0 unspecified atom stereocenters. The smallest absolute Gasteiger partial charge is 0.124 e. The zero-order chi connectivity index (χ0) is 7.52. The first-order chi connectivity index (χ1) is 5.45. The SMILES string of the molecule is c1cc(COC2CNC2)no1. The fraction of sp³-hybridized carbons (Fsp3) is 0.571. The lowest BCUT2D eigenvalue weighted by Gasteiger charge is -2.26. The van der Waals surface area contributed by atoms with E-state index in [-0.39, 0.29) is 0 Å². The second kappa shape index (κ2) is 3.02. The Morgan fingerprint density at radius 2 is 2.64 bits per heavy atom. The number of rotatable bonds is 3. The van der Waals surface area contributed by atoms with E-state index in [1.807, 2.05) is 6.07 Å². The maximum Gasteiger partial charge on any atom is 0.124 e. The van der Waals surface area contributed by atoms with Crippen molar-refractivity contribution >= 4 is 0 Å². The van der Waals surface area contributed by atoms with Gasteiger partial charge in [0.05, 0.1) is 12.7 Å². The molecular formula is C7H10N2O2. The van der Waals surface area contributed by atoms with E-state index in [0.717, 1.165) is 18.8 Å². The molecule has 1 aromatic heterocycles. The van der Waals surface area contributed by atoms with Crippen molar-refractivity contribution in [3.63, 3.8) is 0 Å². The molecule has 1 N–H and O–H groups in total. The van der Waals surface area contributed by atoms with Crippen molar-refractivity contribution in [2.75, 3.05) is 13.1 Å². The van der Waals surface area contributed by atoms with Gasteiger partial charge in [-0.3, -0.25) is 0 Å². The van der Waals surface area contributed by atoms with Gasteiger partial charge in [-0.15, -0.1) is 0 Å². The Bertz CT molecular complexity index is 206. The normalized spacial score (nSPS) is 18.2.